The number of anilines is 1. The second-order valence-corrected chi connectivity index (χ2v) is 6.51. The molecule has 1 aliphatic carbocycles. The number of likely N-dealkylation sites (N-methyl/N-ethyl adjacent to an activating group) is 1. The van der Waals surface area contributed by atoms with Gasteiger partial charge in [0.25, 0.3) is 0 Å². The van der Waals surface area contributed by atoms with Crippen molar-refractivity contribution in [2.75, 3.05) is 18.6 Å². The molecular formula is C18H18ClNO4. The Balaban J connectivity index is 2.30. The van der Waals surface area contributed by atoms with E-state index in [0.717, 1.165) is 0 Å². The maximum atomic E-state index is 13.2. The Labute approximate surface area is 145 Å². The fraction of sp³-hybridized carbons (Fsp3) is 0.389. The second-order valence-electron chi connectivity index (χ2n) is 6.06. The van der Waals surface area contributed by atoms with Crippen LogP contribution in [0.3, 0.4) is 0 Å². The van der Waals surface area contributed by atoms with Crippen molar-refractivity contribution in [3.63, 3.8) is 0 Å². The van der Waals surface area contributed by atoms with Gasteiger partial charge in [0.1, 0.15) is 0 Å². The molecule has 0 saturated carbocycles. The number of para-hydroxylation sites is 1. The van der Waals surface area contributed by atoms with Crippen molar-refractivity contribution in [1.29, 1.82) is 0 Å². The number of carbonyl (C=O) groups excluding carboxylic acids is 3. The third-order valence-electron chi connectivity index (χ3n) is 4.92. The smallest absolute Gasteiger partial charge is 0.311 e. The first kappa shape index (κ1) is 16.7. The van der Waals surface area contributed by atoms with Crippen LogP contribution in [0, 0.1) is 5.92 Å². The second kappa shape index (κ2) is 5.74. The third-order valence-corrected chi connectivity index (χ3v) is 5.35. The summed E-state index contributed by atoms with van der Waals surface area (Å²) < 4.78 is 5.16. The van der Waals surface area contributed by atoms with Crippen molar-refractivity contribution >= 4 is 34.9 Å². The number of ether oxygens (including phenoxy) is 1. The van der Waals surface area contributed by atoms with Gasteiger partial charge in [0.15, 0.2) is 11.2 Å². The molecule has 0 radical (unpaired) electrons. The number of Topliss-reactive ketones (excluding diaryl/α,β-unsaturated/α-hetero) is 1. The molecule has 2 atom stereocenters. The molecule has 0 aromatic heterocycles. The molecule has 0 fully saturated rings. The van der Waals surface area contributed by atoms with Crippen LogP contribution in [-0.2, 0) is 24.5 Å². The van der Waals surface area contributed by atoms with E-state index in [9.17, 15) is 14.4 Å². The first-order chi connectivity index (χ1) is 11.4. The van der Waals surface area contributed by atoms with Crippen LogP contribution in [0.15, 0.2) is 34.9 Å². The monoisotopic (exact) mass is 347 g/mol. The Bertz CT molecular complexity index is 785. The number of nitrogens with zero attached hydrogens (tertiary/aromatic N) is 1. The number of halogens is 1. The van der Waals surface area contributed by atoms with E-state index in [-0.39, 0.29) is 13.0 Å². The summed E-state index contributed by atoms with van der Waals surface area (Å²) >= 11 is 6.20. The van der Waals surface area contributed by atoms with Crippen LogP contribution in [0.4, 0.5) is 5.69 Å². The van der Waals surface area contributed by atoms with Gasteiger partial charge in [0.05, 0.1) is 12.5 Å². The van der Waals surface area contributed by atoms with E-state index >= 15 is 0 Å². The molecule has 2 aliphatic rings. The summed E-state index contributed by atoms with van der Waals surface area (Å²) in [6, 6.07) is 7.06. The van der Waals surface area contributed by atoms with Gasteiger partial charge in [-0.3, -0.25) is 14.4 Å². The zero-order chi connectivity index (χ0) is 17.6. The fourth-order valence-corrected chi connectivity index (χ4v) is 3.95. The van der Waals surface area contributed by atoms with Crippen molar-refractivity contribution in [3.8, 4) is 0 Å². The van der Waals surface area contributed by atoms with E-state index in [1.807, 2.05) is 0 Å². The van der Waals surface area contributed by atoms with Crippen molar-refractivity contribution in [2.45, 2.75) is 25.7 Å². The summed E-state index contributed by atoms with van der Waals surface area (Å²) in [5, 5.41) is 0.309. The maximum absolute atomic E-state index is 13.2. The summed E-state index contributed by atoms with van der Waals surface area (Å²) in [6.07, 6.45) is 0.117. The molecule has 3 rings (SSSR count). The van der Waals surface area contributed by atoms with Crippen LogP contribution >= 0.6 is 11.6 Å². The molecule has 1 spiro atoms. The zero-order valence-electron chi connectivity index (χ0n) is 13.8. The molecule has 5 nitrogen and oxygen atoms in total. The molecule has 1 aromatic carbocycles. The van der Waals surface area contributed by atoms with Gasteiger partial charge < -0.3 is 9.64 Å². The lowest BCUT2D eigenvalue weighted by Gasteiger charge is -2.37. The quantitative estimate of drug-likeness (QED) is 0.609. The van der Waals surface area contributed by atoms with E-state index in [0.29, 0.717) is 21.9 Å². The minimum atomic E-state index is -1.58. The Morgan fingerprint density at radius 2 is 2.04 bits per heavy atom. The summed E-state index contributed by atoms with van der Waals surface area (Å²) in [5.74, 6) is -2.36. The normalized spacial score (nSPS) is 26.2. The molecule has 1 aromatic rings. The molecule has 0 saturated heterocycles. The molecule has 126 valence electrons. The third kappa shape index (κ3) is 1.97. The average Bonchev–Trinajstić information content (AvgIpc) is 2.79. The Hall–Kier alpha value is -2.14. The number of amides is 1. The highest BCUT2D eigenvalue weighted by Gasteiger charge is 2.64. The predicted octanol–water partition coefficient (Wildman–Crippen LogP) is 2.57. The van der Waals surface area contributed by atoms with Gasteiger partial charge in [-0.2, -0.15) is 0 Å². The molecule has 2 unspecified atom stereocenters. The number of hydrogen-bond donors (Lipinski definition) is 0. The largest absolute Gasteiger partial charge is 0.466 e. The van der Waals surface area contributed by atoms with Gasteiger partial charge in [0.2, 0.25) is 5.91 Å². The number of rotatable bonds is 2. The van der Waals surface area contributed by atoms with E-state index in [1.165, 1.54) is 4.90 Å². The Morgan fingerprint density at radius 3 is 2.71 bits per heavy atom. The van der Waals surface area contributed by atoms with Gasteiger partial charge in [0, 0.05) is 28.9 Å². The number of fused-ring (bicyclic) bond motifs is 2. The van der Waals surface area contributed by atoms with Crippen LogP contribution in [0.2, 0.25) is 0 Å². The first-order valence-corrected chi connectivity index (χ1v) is 8.19. The maximum Gasteiger partial charge on any atom is 0.311 e. The number of benzene rings is 1. The van der Waals surface area contributed by atoms with E-state index in [4.69, 9.17) is 16.3 Å². The van der Waals surface area contributed by atoms with Crippen molar-refractivity contribution in [1.82, 2.24) is 0 Å². The van der Waals surface area contributed by atoms with Crippen molar-refractivity contribution in [2.24, 2.45) is 5.92 Å². The highest BCUT2D eigenvalue weighted by Crippen LogP contribution is 2.52. The summed E-state index contributed by atoms with van der Waals surface area (Å²) in [5.41, 5.74) is -0.0733. The van der Waals surface area contributed by atoms with Crippen molar-refractivity contribution in [3.05, 3.63) is 40.4 Å². The SMILES string of the molecule is CCOC(=O)C1CC(Cl)=C(C)C(=O)C12C(=O)N(C)c1ccccc12. The standard InChI is InChI=1S/C18H18ClNO4/c1-4-24-16(22)12-9-13(19)10(2)15(21)18(12)11-7-5-6-8-14(11)20(3)17(18)23/h5-8,12H,4,9H2,1-3H3. The molecule has 1 amide bonds. The number of hydrogen-bond acceptors (Lipinski definition) is 4. The molecular weight excluding hydrogens is 330 g/mol. The first-order valence-electron chi connectivity index (χ1n) is 7.81. The van der Waals surface area contributed by atoms with E-state index in [1.54, 1.807) is 45.2 Å². The number of carbonyl (C=O) groups is 3. The van der Waals surface area contributed by atoms with E-state index < -0.39 is 29.0 Å². The Kier molecular flexibility index (Phi) is 4.00. The van der Waals surface area contributed by atoms with Crippen molar-refractivity contribution < 1.29 is 19.1 Å². The Morgan fingerprint density at radius 1 is 1.38 bits per heavy atom. The number of allylic oxidation sites excluding steroid dienone is 2. The molecule has 24 heavy (non-hydrogen) atoms. The lowest BCUT2D eigenvalue weighted by molar-refractivity contribution is -0.156. The molecule has 1 aliphatic heterocycles. The summed E-state index contributed by atoms with van der Waals surface area (Å²) in [7, 11) is 1.61. The minimum absolute atomic E-state index is 0.117. The van der Waals surface area contributed by atoms with Gasteiger partial charge in [-0.25, -0.2) is 0 Å². The summed E-state index contributed by atoms with van der Waals surface area (Å²) in [4.78, 5) is 40.4. The van der Waals surface area contributed by atoms with Crippen LogP contribution in [-0.4, -0.2) is 31.3 Å². The fourth-order valence-electron chi connectivity index (χ4n) is 3.71. The highest BCUT2D eigenvalue weighted by molar-refractivity contribution is 6.36. The van der Waals surface area contributed by atoms with Crippen LogP contribution in [0.25, 0.3) is 0 Å². The van der Waals surface area contributed by atoms with Crippen LogP contribution in [0.5, 0.6) is 0 Å². The summed E-state index contributed by atoms with van der Waals surface area (Å²) in [6.45, 7) is 3.46. The predicted molar refractivity (Wildman–Crippen MR) is 89.8 cm³/mol. The molecule has 1 heterocycles. The van der Waals surface area contributed by atoms with Crippen LogP contribution in [0.1, 0.15) is 25.8 Å². The molecule has 6 heteroatoms. The minimum Gasteiger partial charge on any atom is -0.466 e. The number of ketones is 1. The highest BCUT2D eigenvalue weighted by atomic mass is 35.5. The van der Waals surface area contributed by atoms with Gasteiger partial charge in [-0.1, -0.05) is 29.8 Å². The van der Waals surface area contributed by atoms with Crippen LogP contribution < -0.4 is 4.90 Å². The van der Waals surface area contributed by atoms with E-state index in [2.05, 4.69) is 0 Å². The average molecular weight is 348 g/mol. The lowest BCUT2D eigenvalue weighted by atomic mass is 9.62. The zero-order valence-corrected chi connectivity index (χ0v) is 14.5. The topological polar surface area (TPSA) is 63.7 Å². The number of esters is 1. The van der Waals surface area contributed by atoms with Gasteiger partial charge in [-0.05, 0) is 26.3 Å². The molecule has 0 N–H and O–H groups in total. The lowest BCUT2D eigenvalue weighted by Crippen LogP contribution is -2.55. The van der Waals surface area contributed by atoms with Gasteiger partial charge >= 0.3 is 5.97 Å². The van der Waals surface area contributed by atoms with Gasteiger partial charge in [-0.15, -0.1) is 0 Å². The molecule has 0 bridgehead atoms.